The molecule has 0 N–H and O–H groups in total. The molecule has 0 amide bonds. The minimum atomic E-state index is -0.388. The lowest BCUT2D eigenvalue weighted by atomic mass is 9.90. The van der Waals surface area contributed by atoms with Crippen molar-refractivity contribution in [1.82, 2.24) is 5.06 Å². The summed E-state index contributed by atoms with van der Waals surface area (Å²) in [7, 11) is 0. The van der Waals surface area contributed by atoms with E-state index in [0.717, 1.165) is 17.0 Å². The van der Waals surface area contributed by atoms with Crippen LogP contribution in [0.5, 0.6) is 0 Å². The summed E-state index contributed by atoms with van der Waals surface area (Å²) < 4.78 is 0. The molecule has 1 heterocycles. The average molecular weight is 174 g/mol. The van der Waals surface area contributed by atoms with Crippen molar-refractivity contribution in [2.75, 3.05) is 0 Å². The van der Waals surface area contributed by atoms with Crippen molar-refractivity contribution in [3.8, 4) is 0 Å². The second-order valence-electron chi connectivity index (χ2n) is 3.55. The SMILES string of the molecule is C[C@]1(c2ccccc2)CC=CN1[O-]. The molecule has 1 atom stereocenters. The number of hydroxylamine groups is 2. The molecular formula is C11H12NO-. The fourth-order valence-electron chi connectivity index (χ4n) is 1.67. The third kappa shape index (κ3) is 1.23. The van der Waals surface area contributed by atoms with Crippen LogP contribution in [0.1, 0.15) is 18.9 Å². The Morgan fingerprint density at radius 3 is 2.54 bits per heavy atom. The van der Waals surface area contributed by atoms with E-state index < -0.39 is 0 Å². The zero-order valence-electron chi connectivity index (χ0n) is 7.60. The van der Waals surface area contributed by atoms with Gasteiger partial charge in [0, 0.05) is 0 Å². The van der Waals surface area contributed by atoms with Gasteiger partial charge >= 0.3 is 0 Å². The summed E-state index contributed by atoms with van der Waals surface area (Å²) in [6.07, 6.45) is 4.31. The number of rotatable bonds is 1. The molecule has 0 aliphatic carbocycles. The van der Waals surface area contributed by atoms with Crippen LogP contribution in [0.3, 0.4) is 0 Å². The highest BCUT2D eigenvalue weighted by atomic mass is 16.5. The summed E-state index contributed by atoms with van der Waals surface area (Å²) >= 11 is 0. The molecule has 1 aliphatic rings. The molecule has 0 radical (unpaired) electrons. The van der Waals surface area contributed by atoms with E-state index in [-0.39, 0.29) is 5.54 Å². The van der Waals surface area contributed by atoms with Crippen LogP contribution in [0.4, 0.5) is 0 Å². The smallest absolute Gasteiger partial charge is 0.0548 e. The Kier molecular flexibility index (Phi) is 1.85. The average Bonchev–Trinajstić information content (AvgIpc) is 2.50. The van der Waals surface area contributed by atoms with Crippen molar-refractivity contribution < 1.29 is 0 Å². The lowest BCUT2D eigenvalue weighted by Gasteiger charge is -2.42. The largest absolute Gasteiger partial charge is 0.758 e. The van der Waals surface area contributed by atoms with Gasteiger partial charge in [0.15, 0.2) is 0 Å². The molecular weight excluding hydrogens is 162 g/mol. The summed E-state index contributed by atoms with van der Waals surface area (Å²) in [6.45, 7) is 1.97. The van der Waals surface area contributed by atoms with Gasteiger partial charge in [0.1, 0.15) is 0 Å². The molecule has 2 heteroatoms. The lowest BCUT2D eigenvalue weighted by molar-refractivity contribution is 0.259. The maximum atomic E-state index is 11.5. The molecule has 0 spiro atoms. The quantitative estimate of drug-likeness (QED) is 0.654. The van der Waals surface area contributed by atoms with E-state index in [1.165, 1.54) is 0 Å². The molecule has 1 aromatic rings. The second kappa shape index (κ2) is 2.89. The van der Waals surface area contributed by atoms with Gasteiger partial charge in [0.05, 0.1) is 5.54 Å². The van der Waals surface area contributed by atoms with Gasteiger partial charge in [-0.1, -0.05) is 36.4 Å². The normalized spacial score (nSPS) is 26.8. The molecule has 1 aromatic carbocycles. The number of hydrogen-bond donors (Lipinski definition) is 0. The highest BCUT2D eigenvalue weighted by Gasteiger charge is 2.28. The molecule has 0 aromatic heterocycles. The minimum Gasteiger partial charge on any atom is -0.758 e. The van der Waals surface area contributed by atoms with Gasteiger partial charge < -0.3 is 10.3 Å². The first-order valence-corrected chi connectivity index (χ1v) is 4.42. The molecule has 13 heavy (non-hydrogen) atoms. The molecule has 0 saturated carbocycles. The van der Waals surface area contributed by atoms with Crippen molar-refractivity contribution in [2.24, 2.45) is 0 Å². The van der Waals surface area contributed by atoms with Gasteiger partial charge in [-0.15, -0.1) is 0 Å². The van der Waals surface area contributed by atoms with E-state index in [9.17, 15) is 5.21 Å². The van der Waals surface area contributed by atoms with Crippen LogP contribution in [0.25, 0.3) is 0 Å². The van der Waals surface area contributed by atoms with Gasteiger partial charge in [-0.2, -0.15) is 0 Å². The zero-order valence-corrected chi connectivity index (χ0v) is 7.60. The van der Waals surface area contributed by atoms with Gasteiger partial charge in [0.2, 0.25) is 0 Å². The summed E-state index contributed by atoms with van der Waals surface area (Å²) in [5.74, 6) is 0. The monoisotopic (exact) mass is 174 g/mol. The van der Waals surface area contributed by atoms with Crippen molar-refractivity contribution in [3.05, 3.63) is 53.4 Å². The van der Waals surface area contributed by atoms with Gasteiger partial charge in [0.25, 0.3) is 0 Å². The molecule has 2 rings (SSSR count). The Hall–Kier alpha value is -1.28. The first-order chi connectivity index (χ1) is 6.23. The van der Waals surface area contributed by atoms with Crippen molar-refractivity contribution in [1.29, 1.82) is 0 Å². The maximum absolute atomic E-state index is 11.5. The lowest BCUT2D eigenvalue weighted by Crippen LogP contribution is -2.32. The van der Waals surface area contributed by atoms with Crippen molar-refractivity contribution >= 4 is 0 Å². The Labute approximate surface area is 78.1 Å². The Balaban J connectivity index is 2.36. The van der Waals surface area contributed by atoms with E-state index in [0.29, 0.717) is 0 Å². The van der Waals surface area contributed by atoms with Crippen LogP contribution in [0.2, 0.25) is 0 Å². The summed E-state index contributed by atoms with van der Waals surface area (Å²) in [4.78, 5) is 0. The highest BCUT2D eigenvalue weighted by molar-refractivity contribution is 5.28. The highest BCUT2D eigenvalue weighted by Crippen LogP contribution is 2.35. The van der Waals surface area contributed by atoms with Crippen LogP contribution in [0.15, 0.2) is 42.6 Å². The van der Waals surface area contributed by atoms with Gasteiger partial charge in [-0.05, 0) is 25.1 Å². The van der Waals surface area contributed by atoms with Crippen LogP contribution in [-0.2, 0) is 5.54 Å². The van der Waals surface area contributed by atoms with E-state index in [2.05, 4.69) is 0 Å². The topological polar surface area (TPSA) is 26.3 Å². The third-order valence-electron chi connectivity index (χ3n) is 2.64. The van der Waals surface area contributed by atoms with Crippen LogP contribution < -0.4 is 0 Å². The van der Waals surface area contributed by atoms with Crippen LogP contribution in [-0.4, -0.2) is 5.06 Å². The van der Waals surface area contributed by atoms with Gasteiger partial charge in [-0.3, -0.25) is 0 Å². The summed E-state index contributed by atoms with van der Waals surface area (Å²) in [5.41, 5.74) is 0.691. The fourth-order valence-corrected chi connectivity index (χ4v) is 1.67. The molecule has 2 nitrogen and oxygen atoms in total. The fraction of sp³-hybridized carbons (Fsp3) is 0.273. The standard InChI is InChI=1S/C11H12NO/c1-11(8-5-9-12(11)13)10-6-3-2-4-7-10/h2-7,9H,8H2,1H3/q-1/t11-/m1/s1. The predicted octanol–water partition coefficient (Wildman–Crippen LogP) is 2.62. The molecule has 0 fully saturated rings. The first kappa shape index (κ1) is 8.32. The number of benzene rings is 1. The van der Waals surface area contributed by atoms with E-state index in [1.807, 2.05) is 43.3 Å². The van der Waals surface area contributed by atoms with Crippen LogP contribution in [0, 0.1) is 5.21 Å². The Bertz CT molecular complexity index is 320. The molecule has 68 valence electrons. The van der Waals surface area contributed by atoms with Crippen molar-refractivity contribution in [2.45, 2.75) is 18.9 Å². The third-order valence-corrected chi connectivity index (χ3v) is 2.64. The maximum Gasteiger partial charge on any atom is 0.0548 e. The molecule has 0 bridgehead atoms. The van der Waals surface area contributed by atoms with E-state index in [1.54, 1.807) is 6.20 Å². The Morgan fingerprint density at radius 2 is 2.00 bits per heavy atom. The zero-order chi connectivity index (χ0) is 9.31. The first-order valence-electron chi connectivity index (χ1n) is 4.42. The van der Waals surface area contributed by atoms with Crippen molar-refractivity contribution in [3.63, 3.8) is 0 Å². The summed E-state index contributed by atoms with van der Waals surface area (Å²) in [5, 5.41) is 12.6. The van der Waals surface area contributed by atoms with E-state index in [4.69, 9.17) is 0 Å². The second-order valence-corrected chi connectivity index (χ2v) is 3.55. The predicted molar refractivity (Wildman–Crippen MR) is 52.8 cm³/mol. The Morgan fingerprint density at radius 1 is 1.31 bits per heavy atom. The molecule has 0 unspecified atom stereocenters. The number of nitrogens with zero attached hydrogens (tertiary/aromatic N) is 1. The molecule has 1 aliphatic heterocycles. The van der Waals surface area contributed by atoms with E-state index >= 15 is 0 Å². The number of hydrogen-bond acceptors (Lipinski definition) is 2. The molecule has 0 saturated heterocycles. The summed E-state index contributed by atoms with van der Waals surface area (Å²) in [6, 6.07) is 9.89. The minimum absolute atomic E-state index is 0.388. The van der Waals surface area contributed by atoms with Gasteiger partial charge in [-0.25, -0.2) is 0 Å². The van der Waals surface area contributed by atoms with Crippen LogP contribution >= 0.6 is 0 Å².